The average molecular weight is 493 g/mol. The molecule has 1 aromatic rings. The number of carbonyl (C=O) groups excluding carboxylic acids is 1. The van der Waals surface area contributed by atoms with Gasteiger partial charge in [0.2, 0.25) is 0 Å². The van der Waals surface area contributed by atoms with Gasteiger partial charge in [-0.2, -0.15) is 0 Å². The number of hydrogen-bond donors (Lipinski definition) is 0. The minimum atomic E-state index is -0.113. The summed E-state index contributed by atoms with van der Waals surface area (Å²) >= 11 is 0. The van der Waals surface area contributed by atoms with E-state index in [0.29, 0.717) is 46.1 Å². The van der Waals surface area contributed by atoms with Gasteiger partial charge in [-0.15, -0.1) is 0 Å². The molecule has 0 aliphatic heterocycles. The Balaban J connectivity index is 1.71. The van der Waals surface area contributed by atoms with Gasteiger partial charge in [-0.25, -0.2) is 0 Å². The van der Waals surface area contributed by atoms with E-state index in [4.69, 9.17) is 18.9 Å². The topological polar surface area (TPSA) is 54.0 Å². The lowest BCUT2D eigenvalue weighted by molar-refractivity contribution is -0.145. The van der Waals surface area contributed by atoms with Crippen molar-refractivity contribution in [3.8, 4) is 5.75 Å². The average Bonchev–Trinajstić information content (AvgIpc) is 2.88. The van der Waals surface area contributed by atoms with E-state index in [0.717, 1.165) is 18.6 Å². The predicted molar refractivity (Wildman–Crippen MR) is 144 cm³/mol. The molecule has 35 heavy (non-hydrogen) atoms. The van der Waals surface area contributed by atoms with Crippen molar-refractivity contribution in [3.63, 3.8) is 0 Å². The predicted octanol–water partition coefficient (Wildman–Crippen LogP) is 7.90. The molecule has 0 saturated heterocycles. The van der Waals surface area contributed by atoms with Crippen molar-refractivity contribution in [2.75, 3.05) is 39.6 Å². The van der Waals surface area contributed by atoms with Crippen molar-refractivity contribution in [2.45, 2.75) is 110 Å². The normalized spacial score (nSPS) is 11.0. The summed E-state index contributed by atoms with van der Waals surface area (Å²) in [7, 11) is 0. The summed E-state index contributed by atoms with van der Waals surface area (Å²) in [6, 6.07) is 9.68. The fraction of sp³-hybridized carbons (Fsp3) is 0.767. The van der Waals surface area contributed by atoms with E-state index in [1.807, 2.05) is 30.3 Å². The Morgan fingerprint density at radius 1 is 0.571 bits per heavy atom. The van der Waals surface area contributed by atoms with Crippen LogP contribution in [0.25, 0.3) is 0 Å². The van der Waals surface area contributed by atoms with Gasteiger partial charge in [0.15, 0.2) is 0 Å². The first-order valence-electron chi connectivity index (χ1n) is 14.3. The molecule has 5 nitrogen and oxygen atoms in total. The Hall–Kier alpha value is -1.59. The third kappa shape index (κ3) is 22.6. The Bertz CT molecular complexity index is 563. The molecular weight excluding hydrogens is 440 g/mol. The highest BCUT2D eigenvalue weighted by atomic mass is 16.6. The molecule has 0 aromatic heterocycles. The fourth-order valence-electron chi connectivity index (χ4n) is 3.98. The van der Waals surface area contributed by atoms with Crippen molar-refractivity contribution in [2.24, 2.45) is 0 Å². The Morgan fingerprint density at radius 2 is 1.03 bits per heavy atom. The summed E-state index contributed by atoms with van der Waals surface area (Å²) < 4.78 is 21.7. The van der Waals surface area contributed by atoms with Gasteiger partial charge in [0, 0.05) is 6.42 Å². The van der Waals surface area contributed by atoms with Crippen LogP contribution >= 0.6 is 0 Å². The SMILES string of the molecule is CCCCCCCCCCCCCCCCCC(=O)OCCOCCOCCOc1ccccc1. The van der Waals surface area contributed by atoms with Gasteiger partial charge in [0.25, 0.3) is 0 Å². The zero-order chi connectivity index (χ0) is 25.1. The van der Waals surface area contributed by atoms with Gasteiger partial charge in [-0.05, 0) is 18.6 Å². The molecule has 0 aliphatic rings. The van der Waals surface area contributed by atoms with Crippen molar-refractivity contribution in [1.29, 1.82) is 0 Å². The second-order valence-corrected chi connectivity index (χ2v) is 9.31. The minimum Gasteiger partial charge on any atom is -0.491 e. The first-order valence-corrected chi connectivity index (χ1v) is 14.3. The van der Waals surface area contributed by atoms with Crippen LogP contribution in [0.5, 0.6) is 5.75 Å². The van der Waals surface area contributed by atoms with Crippen LogP contribution in [0.1, 0.15) is 110 Å². The van der Waals surface area contributed by atoms with Crippen molar-refractivity contribution in [3.05, 3.63) is 30.3 Å². The van der Waals surface area contributed by atoms with E-state index >= 15 is 0 Å². The number of benzene rings is 1. The first kappa shape index (κ1) is 31.4. The quantitative estimate of drug-likeness (QED) is 0.0971. The van der Waals surface area contributed by atoms with Crippen LogP contribution in [0.4, 0.5) is 0 Å². The van der Waals surface area contributed by atoms with Gasteiger partial charge in [0.05, 0.1) is 26.4 Å². The molecule has 1 aromatic carbocycles. The van der Waals surface area contributed by atoms with Crippen LogP contribution in [-0.4, -0.2) is 45.6 Å². The lowest BCUT2D eigenvalue weighted by Gasteiger charge is -2.08. The zero-order valence-corrected chi connectivity index (χ0v) is 22.5. The summed E-state index contributed by atoms with van der Waals surface area (Å²) in [6.45, 7) is 5.03. The first-order chi connectivity index (χ1) is 17.3. The van der Waals surface area contributed by atoms with Crippen LogP contribution < -0.4 is 4.74 Å². The van der Waals surface area contributed by atoms with Crippen LogP contribution in [0.3, 0.4) is 0 Å². The molecule has 5 heteroatoms. The highest BCUT2D eigenvalue weighted by molar-refractivity contribution is 5.69. The minimum absolute atomic E-state index is 0.113. The Labute approximate surface area is 215 Å². The largest absolute Gasteiger partial charge is 0.491 e. The van der Waals surface area contributed by atoms with Gasteiger partial charge in [-0.3, -0.25) is 4.79 Å². The highest BCUT2D eigenvalue weighted by Crippen LogP contribution is 2.14. The molecule has 0 saturated carbocycles. The molecule has 1 rings (SSSR count). The number of ether oxygens (including phenoxy) is 4. The number of rotatable bonds is 26. The van der Waals surface area contributed by atoms with Gasteiger partial charge >= 0.3 is 5.97 Å². The maximum Gasteiger partial charge on any atom is 0.305 e. The summed E-state index contributed by atoms with van der Waals surface area (Å²) in [4.78, 5) is 11.8. The van der Waals surface area contributed by atoms with E-state index in [1.165, 1.54) is 83.5 Å². The molecule has 0 N–H and O–H groups in total. The van der Waals surface area contributed by atoms with Crippen molar-refractivity contribution < 1.29 is 23.7 Å². The second-order valence-electron chi connectivity index (χ2n) is 9.31. The number of carbonyl (C=O) groups is 1. The Kier molecular flexibility index (Phi) is 22.9. The molecule has 0 heterocycles. The number of hydrogen-bond acceptors (Lipinski definition) is 5. The van der Waals surface area contributed by atoms with E-state index in [-0.39, 0.29) is 5.97 Å². The van der Waals surface area contributed by atoms with E-state index < -0.39 is 0 Å². The third-order valence-electron chi connectivity index (χ3n) is 6.09. The molecule has 0 spiro atoms. The van der Waals surface area contributed by atoms with Crippen molar-refractivity contribution in [1.82, 2.24) is 0 Å². The van der Waals surface area contributed by atoms with E-state index in [2.05, 4.69) is 6.92 Å². The van der Waals surface area contributed by atoms with Gasteiger partial charge in [0.1, 0.15) is 19.0 Å². The zero-order valence-electron chi connectivity index (χ0n) is 22.5. The number of para-hydroxylation sites is 1. The molecule has 0 aliphatic carbocycles. The number of esters is 1. The summed E-state index contributed by atoms with van der Waals surface area (Å²) in [5, 5.41) is 0. The number of unbranched alkanes of at least 4 members (excludes halogenated alkanes) is 14. The van der Waals surface area contributed by atoms with Gasteiger partial charge in [-0.1, -0.05) is 115 Å². The van der Waals surface area contributed by atoms with E-state index in [9.17, 15) is 4.79 Å². The standard InChI is InChI=1S/C30H52O5/c1-2-3-4-5-6-7-8-9-10-11-12-13-14-15-19-22-30(31)35-28-26-33-24-23-32-25-27-34-29-20-17-16-18-21-29/h16-18,20-21H,2-15,19,22-28H2,1H3. The third-order valence-corrected chi connectivity index (χ3v) is 6.09. The summed E-state index contributed by atoms with van der Waals surface area (Å²) in [5.74, 6) is 0.733. The summed E-state index contributed by atoms with van der Waals surface area (Å²) in [5.41, 5.74) is 0. The molecular formula is C30H52O5. The molecule has 0 atom stereocenters. The fourth-order valence-corrected chi connectivity index (χ4v) is 3.98. The van der Waals surface area contributed by atoms with Crippen LogP contribution in [0.2, 0.25) is 0 Å². The highest BCUT2D eigenvalue weighted by Gasteiger charge is 2.03. The molecule has 0 unspecified atom stereocenters. The van der Waals surface area contributed by atoms with Crippen LogP contribution in [0.15, 0.2) is 30.3 Å². The molecule has 202 valence electrons. The monoisotopic (exact) mass is 492 g/mol. The smallest absolute Gasteiger partial charge is 0.305 e. The van der Waals surface area contributed by atoms with Gasteiger partial charge < -0.3 is 18.9 Å². The lowest BCUT2D eigenvalue weighted by atomic mass is 10.0. The van der Waals surface area contributed by atoms with Crippen LogP contribution in [-0.2, 0) is 19.0 Å². The van der Waals surface area contributed by atoms with Crippen molar-refractivity contribution >= 4 is 5.97 Å². The summed E-state index contributed by atoms with van der Waals surface area (Å²) in [6.07, 6.45) is 20.4. The Morgan fingerprint density at radius 3 is 1.57 bits per heavy atom. The lowest BCUT2D eigenvalue weighted by Crippen LogP contribution is -2.14. The maximum absolute atomic E-state index is 11.8. The molecule has 0 fully saturated rings. The maximum atomic E-state index is 11.8. The molecule has 0 radical (unpaired) electrons. The molecule has 0 amide bonds. The van der Waals surface area contributed by atoms with E-state index in [1.54, 1.807) is 0 Å². The molecule has 0 bridgehead atoms. The van der Waals surface area contributed by atoms with Crippen LogP contribution in [0, 0.1) is 0 Å². The second kappa shape index (κ2) is 25.5.